The Balaban J connectivity index is 2.19. The van der Waals surface area contributed by atoms with E-state index in [1.807, 2.05) is 11.3 Å². The van der Waals surface area contributed by atoms with Gasteiger partial charge in [0.1, 0.15) is 0 Å². The summed E-state index contributed by atoms with van der Waals surface area (Å²) >= 11 is 9.11. The van der Waals surface area contributed by atoms with Gasteiger partial charge in [-0.05, 0) is 81.5 Å². The maximum Gasteiger partial charge on any atom is 0.0843 e. The van der Waals surface area contributed by atoms with Gasteiger partial charge in [-0.15, -0.1) is 11.3 Å². The van der Waals surface area contributed by atoms with Crippen molar-refractivity contribution in [2.24, 2.45) is 17.8 Å². The van der Waals surface area contributed by atoms with Crippen molar-refractivity contribution in [1.29, 1.82) is 0 Å². The monoisotopic (exact) mass is 407 g/mol. The molecule has 1 nitrogen and oxygen atoms in total. The first-order chi connectivity index (χ1) is 9.01. The lowest BCUT2D eigenvalue weighted by molar-refractivity contribution is 0.179. The van der Waals surface area contributed by atoms with Crippen molar-refractivity contribution < 1.29 is 0 Å². The first-order valence-electron chi connectivity index (χ1n) is 7.19. The molecular weight excluding hydrogens is 386 g/mol. The van der Waals surface area contributed by atoms with Crippen LogP contribution >= 0.6 is 43.2 Å². The Morgan fingerprint density at radius 3 is 2.37 bits per heavy atom. The van der Waals surface area contributed by atoms with E-state index in [0.29, 0.717) is 6.04 Å². The fourth-order valence-electron chi connectivity index (χ4n) is 3.52. The minimum absolute atomic E-state index is 0.516. The van der Waals surface area contributed by atoms with Crippen LogP contribution in [-0.2, 0) is 0 Å². The topological polar surface area (TPSA) is 12.0 Å². The Morgan fingerprint density at radius 2 is 1.89 bits per heavy atom. The van der Waals surface area contributed by atoms with Gasteiger partial charge in [0.15, 0.2) is 0 Å². The van der Waals surface area contributed by atoms with Gasteiger partial charge in [0.05, 0.1) is 3.79 Å². The molecule has 1 aliphatic carbocycles. The van der Waals surface area contributed by atoms with Gasteiger partial charge in [0.2, 0.25) is 0 Å². The molecule has 1 heterocycles. The molecule has 1 aliphatic rings. The smallest absolute Gasteiger partial charge is 0.0843 e. The average Bonchev–Trinajstić information content (AvgIpc) is 2.65. The van der Waals surface area contributed by atoms with Crippen molar-refractivity contribution in [2.75, 3.05) is 6.54 Å². The largest absolute Gasteiger partial charge is 0.309 e. The number of hydrogen-bond acceptors (Lipinski definition) is 2. The molecule has 19 heavy (non-hydrogen) atoms. The van der Waals surface area contributed by atoms with Crippen molar-refractivity contribution in [3.8, 4) is 0 Å². The number of thiophene rings is 1. The summed E-state index contributed by atoms with van der Waals surface area (Å²) in [6, 6.07) is 2.80. The molecule has 1 saturated carbocycles. The van der Waals surface area contributed by atoms with E-state index in [9.17, 15) is 0 Å². The lowest BCUT2D eigenvalue weighted by Crippen LogP contribution is -2.32. The molecule has 1 aromatic rings. The van der Waals surface area contributed by atoms with Crippen molar-refractivity contribution in [3.05, 3.63) is 19.2 Å². The molecule has 2 rings (SSSR count). The van der Waals surface area contributed by atoms with Gasteiger partial charge in [0.25, 0.3) is 0 Å². The predicted octanol–water partition coefficient (Wildman–Crippen LogP) is 6.00. The summed E-state index contributed by atoms with van der Waals surface area (Å²) in [5.74, 6) is 2.50. The molecule has 4 heteroatoms. The van der Waals surface area contributed by atoms with E-state index >= 15 is 0 Å². The Labute approximate surface area is 137 Å². The van der Waals surface area contributed by atoms with Crippen LogP contribution in [0.25, 0.3) is 0 Å². The molecule has 108 valence electrons. The Bertz CT molecular complexity index is 389. The van der Waals surface area contributed by atoms with Crippen LogP contribution in [-0.4, -0.2) is 6.54 Å². The summed E-state index contributed by atoms with van der Waals surface area (Å²) in [6.45, 7) is 8.06. The van der Waals surface area contributed by atoms with Gasteiger partial charge in [-0.25, -0.2) is 0 Å². The van der Waals surface area contributed by atoms with Gasteiger partial charge < -0.3 is 5.32 Å². The van der Waals surface area contributed by atoms with Gasteiger partial charge >= 0.3 is 0 Å². The fraction of sp³-hybridized carbons (Fsp3) is 0.733. The van der Waals surface area contributed by atoms with E-state index in [1.165, 1.54) is 32.4 Å². The van der Waals surface area contributed by atoms with E-state index in [-0.39, 0.29) is 0 Å². The Morgan fingerprint density at radius 1 is 1.26 bits per heavy atom. The third-order valence-corrected chi connectivity index (χ3v) is 7.42. The lowest BCUT2D eigenvalue weighted by Gasteiger charge is -2.36. The zero-order chi connectivity index (χ0) is 14.0. The number of rotatable bonds is 4. The van der Waals surface area contributed by atoms with Crippen LogP contribution in [0, 0.1) is 17.8 Å². The van der Waals surface area contributed by atoms with Gasteiger partial charge in [-0.2, -0.15) is 0 Å². The van der Waals surface area contributed by atoms with E-state index in [1.54, 1.807) is 0 Å². The van der Waals surface area contributed by atoms with Gasteiger partial charge in [0, 0.05) is 15.4 Å². The van der Waals surface area contributed by atoms with Crippen LogP contribution in [0.3, 0.4) is 0 Å². The molecule has 1 fully saturated rings. The van der Waals surface area contributed by atoms with Crippen molar-refractivity contribution in [2.45, 2.75) is 46.1 Å². The highest BCUT2D eigenvalue weighted by Gasteiger charge is 2.31. The number of halogens is 2. The Kier molecular flexibility index (Phi) is 5.94. The van der Waals surface area contributed by atoms with Crippen LogP contribution in [0.5, 0.6) is 0 Å². The maximum absolute atomic E-state index is 3.72. The molecule has 0 radical (unpaired) electrons. The average molecular weight is 409 g/mol. The first-order valence-corrected chi connectivity index (χ1v) is 9.59. The molecular formula is C15H23Br2NS. The molecule has 0 spiro atoms. The molecule has 3 atom stereocenters. The van der Waals surface area contributed by atoms with Crippen LogP contribution in [0.2, 0.25) is 0 Å². The van der Waals surface area contributed by atoms with Gasteiger partial charge in [-0.1, -0.05) is 20.8 Å². The minimum atomic E-state index is 0.516. The quantitative estimate of drug-likeness (QED) is 0.644. The Hall–Kier alpha value is 0.620. The molecule has 0 bridgehead atoms. The summed E-state index contributed by atoms with van der Waals surface area (Å²) in [6.07, 6.45) is 4.11. The van der Waals surface area contributed by atoms with Crippen molar-refractivity contribution in [3.63, 3.8) is 0 Å². The van der Waals surface area contributed by atoms with Crippen molar-refractivity contribution in [1.82, 2.24) is 5.32 Å². The molecule has 1 aromatic heterocycles. The van der Waals surface area contributed by atoms with E-state index < -0.39 is 0 Å². The molecule has 0 aromatic carbocycles. The van der Waals surface area contributed by atoms with Crippen molar-refractivity contribution >= 4 is 43.2 Å². The third-order valence-electron chi connectivity index (χ3n) is 4.08. The lowest BCUT2D eigenvalue weighted by atomic mass is 9.73. The molecule has 3 unspecified atom stereocenters. The van der Waals surface area contributed by atoms with E-state index in [2.05, 4.69) is 64.0 Å². The number of nitrogens with one attached hydrogen (secondary N) is 1. The van der Waals surface area contributed by atoms with Crippen LogP contribution in [0.1, 0.15) is 51.0 Å². The standard InChI is InChI=1S/C15H23Br2NS/c1-4-18-14(13-8-12(16)15(17)19-13)11-6-9(2)5-10(3)7-11/h8-11,14,18H,4-7H2,1-3H3. The van der Waals surface area contributed by atoms with Gasteiger partial charge in [-0.3, -0.25) is 0 Å². The van der Waals surface area contributed by atoms with Crippen LogP contribution in [0.4, 0.5) is 0 Å². The second-order valence-corrected chi connectivity index (χ2v) is 9.24. The second kappa shape index (κ2) is 7.06. The summed E-state index contributed by atoms with van der Waals surface area (Å²) in [5.41, 5.74) is 0. The summed E-state index contributed by atoms with van der Waals surface area (Å²) in [5, 5.41) is 3.72. The minimum Gasteiger partial charge on any atom is -0.309 e. The van der Waals surface area contributed by atoms with Crippen LogP contribution in [0.15, 0.2) is 14.3 Å². The molecule has 0 amide bonds. The molecule has 0 aliphatic heterocycles. The normalized spacial score (nSPS) is 29.4. The highest BCUT2D eigenvalue weighted by atomic mass is 79.9. The van der Waals surface area contributed by atoms with E-state index in [0.717, 1.165) is 24.3 Å². The highest BCUT2D eigenvalue weighted by molar-refractivity contribution is 9.13. The summed E-state index contributed by atoms with van der Waals surface area (Å²) in [7, 11) is 0. The highest BCUT2D eigenvalue weighted by Crippen LogP contribution is 2.44. The zero-order valence-electron chi connectivity index (χ0n) is 11.9. The maximum atomic E-state index is 3.72. The summed E-state index contributed by atoms with van der Waals surface area (Å²) < 4.78 is 2.40. The zero-order valence-corrected chi connectivity index (χ0v) is 15.9. The molecule has 0 saturated heterocycles. The first kappa shape index (κ1) is 16.0. The molecule has 1 N–H and O–H groups in total. The second-order valence-electron chi connectivity index (χ2n) is 5.98. The SMILES string of the molecule is CCNC(c1cc(Br)c(Br)s1)C1CC(C)CC(C)C1. The summed E-state index contributed by atoms with van der Waals surface area (Å²) in [4.78, 5) is 1.46. The predicted molar refractivity (Wildman–Crippen MR) is 91.8 cm³/mol. The van der Waals surface area contributed by atoms with E-state index in [4.69, 9.17) is 0 Å². The third kappa shape index (κ3) is 4.05. The van der Waals surface area contributed by atoms with Crippen LogP contribution < -0.4 is 5.32 Å². The number of hydrogen-bond donors (Lipinski definition) is 1. The fourth-order valence-corrected chi connectivity index (χ4v) is 5.78.